The fourth-order valence-corrected chi connectivity index (χ4v) is 1.93. The largest absolute Gasteiger partial charge is 0.334 e. The number of rotatable bonds is 3. The van der Waals surface area contributed by atoms with E-state index in [-0.39, 0.29) is 5.54 Å². The topological polar surface area (TPSA) is 20.3 Å². The minimum atomic E-state index is 0.0459. The van der Waals surface area contributed by atoms with Crippen LogP contribution in [0.3, 0.4) is 0 Å². The van der Waals surface area contributed by atoms with Crippen LogP contribution in [0.15, 0.2) is 0 Å². The highest BCUT2D eigenvalue weighted by Crippen LogP contribution is 2.34. The molecule has 0 spiro atoms. The third kappa shape index (κ3) is 1.72. The summed E-state index contributed by atoms with van der Waals surface area (Å²) in [6.45, 7) is 10.8. The Balaban J connectivity index is 2.72. The number of carbonyl (C=O) groups excluding carboxylic acids is 1. The average molecular weight is 183 g/mol. The van der Waals surface area contributed by atoms with Gasteiger partial charge in [-0.05, 0) is 26.2 Å². The van der Waals surface area contributed by atoms with Gasteiger partial charge in [0.25, 0.3) is 0 Å². The summed E-state index contributed by atoms with van der Waals surface area (Å²) in [6.07, 6.45) is 1.78. The summed E-state index contributed by atoms with van der Waals surface area (Å²) in [5.41, 5.74) is 0.0459. The highest BCUT2D eigenvalue weighted by atomic mass is 16.2. The van der Waals surface area contributed by atoms with Gasteiger partial charge < -0.3 is 4.90 Å². The van der Waals surface area contributed by atoms with Crippen LogP contribution in [0, 0.1) is 5.92 Å². The lowest BCUT2D eigenvalue weighted by atomic mass is 9.84. The first-order valence-electron chi connectivity index (χ1n) is 5.22. The zero-order valence-corrected chi connectivity index (χ0v) is 9.42. The molecular formula is C11H21NO. The lowest BCUT2D eigenvalue weighted by Crippen LogP contribution is -2.63. The Morgan fingerprint density at radius 1 is 1.54 bits per heavy atom. The van der Waals surface area contributed by atoms with E-state index in [2.05, 4.69) is 39.5 Å². The monoisotopic (exact) mass is 183 g/mol. The summed E-state index contributed by atoms with van der Waals surface area (Å²) >= 11 is 0. The third-order valence-electron chi connectivity index (χ3n) is 3.27. The van der Waals surface area contributed by atoms with Crippen molar-refractivity contribution in [2.24, 2.45) is 5.92 Å². The van der Waals surface area contributed by atoms with Crippen LogP contribution < -0.4 is 0 Å². The Morgan fingerprint density at radius 3 is 2.38 bits per heavy atom. The summed E-state index contributed by atoms with van der Waals surface area (Å²) in [5.74, 6) is 0.911. The van der Waals surface area contributed by atoms with Crippen molar-refractivity contribution in [1.82, 2.24) is 4.90 Å². The van der Waals surface area contributed by atoms with Crippen molar-refractivity contribution in [3.63, 3.8) is 0 Å². The van der Waals surface area contributed by atoms with Crippen LogP contribution in [0.5, 0.6) is 0 Å². The van der Waals surface area contributed by atoms with Gasteiger partial charge in [0.15, 0.2) is 0 Å². The maximum atomic E-state index is 11.5. The van der Waals surface area contributed by atoms with E-state index < -0.39 is 0 Å². The van der Waals surface area contributed by atoms with E-state index in [9.17, 15) is 4.79 Å². The molecule has 1 heterocycles. The van der Waals surface area contributed by atoms with Gasteiger partial charge >= 0.3 is 0 Å². The van der Waals surface area contributed by atoms with Crippen molar-refractivity contribution in [3.05, 3.63) is 0 Å². The maximum Gasteiger partial charge on any atom is 0.225 e. The number of likely N-dealkylation sites (tertiary alicyclic amines) is 1. The first-order chi connectivity index (χ1) is 5.90. The van der Waals surface area contributed by atoms with Crippen molar-refractivity contribution < 1.29 is 4.79 Å². The van der Waals surface area contributed by atoms with Crippen LogP contribution in [0.25, 0.3) is 0 Å². The minimum Gasteiger partial charge on any atom is -0.334 e. The van der Waals surface area contributed by atoms with Gasteiger partial charge in [0.2, 0.25) is 5.91 Å². The zero-order valence-electron chi connectivity index (χ0n) is 9.42. The third-order valence-corrected chi connectivity index (χ3v) is 3.27. The molecule has 1 saturated heterocycles. The fourth-order valence-electron chi connectivity index (χ4n) is 1.93. The summed E-state index contributed by atoms with van der Waals surface area (Å²) in [7, 11) is 0. The second-order valence-corrected chi connectivity index (χ2v) is 4.95. The van der Waals surface area contributed by atoms with Gasteiger partial charge in [-0.15, -0.1) is 0 Å². The van der Waals surface area contributed by atoms with Crippen LogP contribution in [0.2, 0.25) is 0 Å². The molecule has 76 valence electrons. The van der Waals surface area contributed by atoms with Gasteiger partial charge in [0.1, 0.15) is 0 Å². The molecule has 13 heavy (non-hydrogen) atoms. The Labute approximate surface area is 81.3 Å². The Hall–Kier alpha value is -0.530. The fraction of sp³-hybridized carbons (Fsp3) is 0.909. The molecule has 1 aliphatic heterocycles. The molecule has 2 heteroatoms. The summed E-state index contributed by atoms with van der Waals surface area (Å²) in [5, 5.41) is 0. The molecule has 0 aromatic rings. The highest BCUT2D eigenvalue weighted by molar-refractivity contribution is 5.84. The molecule has 1 unspecified atom stereocenters. The van der Waals surface area contributed by atoms with Crippen molar-refractivity contribution in [3.8, 4) is 0 Å². The molecule has 1 atom stereocenters. The Morgan fingerprint density at radius 2 is 2.08 bits per heavy atom. The number of nitrogens with zero attached hydrogens (tertiary/aromatic N) is 1. The molecule has 0 bridgehead atoms. The predicted octanol–water partition coefficient (Wildman–Crippen LogP) is 2.43. The molecule has 0 saturated carbocycles. The van der Waals surface area contributed by atoms with Gasteiger partial charge in [-0.3, -0.25) is 4.79 Å². The van der Waals surface area contributed by atoms with Gasteiger partial charge in [0.05, 0.1) is 0 Å². The molecule has 2 nitrogen and oxygen atoms in total. The van der Waals surface area contributed by atoms with E-state index in [1.54, 1.807) is 0 Å². The zero-order chi connectivity index (χ0) is 10.2. The van der Waals surface area contributed by atoms with Crippen LogP contribution in [0.4, 0.5) is 0 Å². The highest BCUT2D eigenvalue weighted by Gasteiger charge is 2.44. The lowest BCUT2D eigenvalue weighted by Gasteiger charge is -2.52. The van der Waals surface area contributed by atoms with Gasteiger partial charge in [-0.25, -0.2) is 0 Å². The van der Waals surface area contributed by atoms with Crippen molar-refractivity contribution in [2.45, 2.75) is 59.0 Å². The Bertz CT molecular complexity index is 208. The molecule has 1 amide bonds. The van der Waals surface area contributed by atoms with Crippen LogP contribution in [-0.2, 0) is 4.79 Å². The van der Waals surface area contributed by atoms with E-state index in [1.165, 1.54) is 0 Å². The average Bonchev–Trinajstić information content (AvgIpc) is 1.98. The molecule has 0 aliphatic carbocycles. The van der Waals surface area contributed by atoms with Gasteiger partial charge in [-0.2, -0.15) is 0 Å². The lowest BCUT2D eigenvalue weighted by molar-refractivity contribution is -0.158. The van der Waals surface area contributed by atoms with Crippen molar-refractivity contribution in [1.29, 1.82) is 0 Å². The van der Waals surface area contributed by atoms with E-state index in [0.717, 1.165) is 12.8 Å². The standard InChI is InChI=1S/C11H21NO/c1-6-11(4,5)12-9(8(2)3)7-10(12)13/h8-9H,6-7H2,1-5H3. The van der Waals surface area contributed by atoms with Crippen molar-refractivity contribution >= 4 is 5.91 Å². The molecule has 0 aromatic carbocycles. The molecule has 0 radical (unpaired) electrons. The van der Waals surface area contributed by atoms with E-state index in [1.807, 2.05) is 0 Å². The van der Waals surface area contributed by atoms with Crippen LogP contribution in [-0.4, -0.2) is 22.4 Å². The molecular weight excluding hydrogens is 162 g/mol. The predicted molar refractivity (Wildman–Crippen MR) is 54.5 cm³/mol. The Kier molecular flexibility index (Phi) is 2.69. The van der Waals surface area contributed by atoms with E-state index in [0.29, 0.717) is 17.9 Å². The first-order valence-corrected chi connectivity index (χ1v) is 5.22. The van der Waals surface area contributed by atoms with Crippen LogP contribution >= 0.6 is 0 Å². The number of carbonyl (C=O) groups is 1. The second-order valence-electron chi connectivity index (χ2n) is 4.95. The normalized spacial score (nSPS) is 23.7. The summed E-state index contributed by atoms with van der Waals surface area (Å²) in [4.78, 5) is 13.5. The molecule has 0 aromatic heterocycles. The van der Waals surface area contributed by atoms with Crippen molar-refractivity contribution in [2.75, 3.05) is 0 Å². The summed E-state index contributed by atoms with van der Waals surface area (Å²) in [6, 6.07) is 0.474. The number of hydrogen-bond acceptors (Lipinski definition) is 1. The number of hydrogen-bond donors (Lipinski definition) is 0. The molecule has 1 aliphatic rings. The number of amides is 1. The molecule has 1 rings (SSSR count). The summed E-state index contributed by atoms with van der Waals surface area (Å²) < 4.78 is 0. The SMILES string of the molecule is CCC(C)(C)N1C(=O)CC1C(C)C. The maximum absolute atomic E-state index is 11.5. The van der Waals surface area contributed by atoms with Gasteiger partial charge in [0, 0.05) is 18.0 Å². The van der Waals surface area contributed by atoms with Crippen LogP contribution in [0.1, 0.15) is 47.5 Å². The smallest absolute Gasteiger partial charge is 0.225 e. The molecule has 0 N–H and O–H groups in total. The van der Waals surface area contributed by atoms with E-state index in [4.69, 9.17) is 0 Å². The second kappa shape index (κ2) is 3.32. The minimum absolute atomic E-state index is 0.0459. The first kappa shape index (κ1) is 10.6. The number of β-lactam (4-membered cyclic amide) rings is 1. The van der Waals surface area contributed by atoms with E-state index >= 15 is 0 Å². The van der Waals surface area contributed by atoms with Gasteiger partial charge in [-0.1, -0.05) is 20.8 Å². The quantitative estimate of drug-likeness (QED) is 0.615. The molecule has 1 fully saturated rings.